The summed E-state index contributed by atoms with van der Waals surface area (Å²) < 4.78 is 40.2. The van der Waals surface area contributed by atoms with E-state index in [1.54, 1.807) is 24.5 Å². The third-order valence-electron chi connectivity index (χ3n) is 0.794. The molecule has 0 aliphatic carbocycles. The second-order valence-corrected chi connectivity index (χ2v) is 1.83. The molecule has 0 aromatic carbocycles. The molecular weight excluding hydrogens is 191 g/mol. The highest BCUT2D eigenvalue weighted by atomic mass is 19.5. The van der Waals surface area contributed by atoms with Crippen LogP contribution in [0.4, 0.5) is 17.3 Å². The van der Waals surface area contributed by atoms with Crippen molar-refractivity contribution in [2.45, 2.75) is 0 Å². The molecule has 0 amide bonds. The zero-order valence-corrected chi connectivity index (χ0v) is 6.28. The highest BCUT2D eigenvalue weighted by Crippen LogP contribution is 2.06. The lowest BCUT2D eigenvalue weighted by atomic mass is 10.3. The van der Waals surface area contributed by atoms with Gasteiger partial charge in [0.05, 0.1) is 0 Å². The van der Waals surface area contributed by atoms with Gasteiger partial charge in [0.1, 0.15) is 0 Å². The SMILES string of the molecule is F[B-](F)(F)F.O=N[n+]1ccccc1. The molecule has 8 heteroatoms. The maximum Gasteiger partial charge on any atom is 0.673 e. The van der Waals surface area contributed by atoms with Crippen LogP contribution >= 0.6 is 0 Å². The largest absolute Gasteiger partial charge is 0.673 e. The number of pyridine rings is 1. The Kier molecular flexibility index (Phi) is 4.64. The molecule has 1 aromatic heterocycles. The number of aromatic nitrogens is 1. The minimum Gasteiger partial charge on any atom is -0.418 e. The van der Waals surface area contributed by atoms with Crippen molar-refractivity contribution in [1.82, 2.24) is 0 Å². The summed E-state index contributed by atoms with van der Waals surface area (Å²) in [6.07, 6.45) is 3.15. The molecule has 0 N–H and O–H groups in total. The predicted octanol–water partition coefficient (Wildman–Crippen LogP) is 1.80. The lowest BCUT2D eigenvalue weighted by Crippen LogP contribution is -2.23. The van der Waals surface area contributed by atoms with Gasteiger partial charge in [0.25, 0.3) is 0 Å². The lowest BCUT2D eigenvalue weighted by Gasteiger charge is -1.94. The van der Waals surface area contributed by atoms with Crippen molar-refractivity contribution in [2.75, 3.05) is 0 Å². The fraction of sp³-hybridized carbons (Fsp3) is 0. The Morgan fingerprint density at radius 2 is 1.38 bits per heavy atom. The highest BCUT2D eigenvalue weighted by molar-refractivity contribution is 6.50. The summed E-state index contributed by atoms with van der Waals surface area (Å²) in [5.74, 6) is 0. The van der Waals surface area contributed by atoms with Gasteiger partial charge < -0.3 is 17.3 Å². The molecule has 0 saturated carbocycles. The van der Waals surface area contributed by atoms with E-state index in [-0.39, 0.29) is 0 Å². The second-order valence-electron chi connectivity index (χ2n) is 1.83. The zero-order valence-electron chi connectivity index (χ0n) is 6.28. The molecule has 72 valence electrons. The number of nitroso groups, excluding NO2 is 1. The molecule has 0 unspecified atom stereocenters. The van der Waals surface area contributed by atoms with Gasteiger partial charge in [-0.2, -0.15) is 0 Å². The number of halogens is 4. The van der Waals surface area contributed by atoms with Gasteiger partial charge in [0, 0.05) is 12.1 Å². The van der Waals surface area contributed by atoms with Crippen molar-refractivity contribution < 1.29 is 21.9 Å². The maximum atomic E-state index is 9.75. The molecule has 0 fully saturated rings. The van der Waals surface area contributed by atoms with E-state index in [4.69, 9.17) is 0 Å². The van der Waals surface area contributed by atoms with Gasteiger partial charge in [-0.3, -0.25) is 0 Å². The first-order chi connectivity index (χ1) is 5.93. The van der Waals surface area contributed by atoms with Crippen LogP contribution in [0.3, 0.4) is 0 Å². The van der Waals surface area contributed by atoms with E-state index in [0.717, 1.165) is 0 Å². The molecule has 0 radical (unpaired) electrons. The molecule has 0 atom stereocenters. The second kappa shape index (κ2) is 5.23. The van der Waals surface area contributed by atoms with Crippen LogP contribution in [0.5, 0.6) is 0 Å². The molecule has 0 saturated heterocycles. The summed E-state index contributed by atoms with van der Waals surface area (Å²) in [6, 6.07) is 5.30. The average Bonchev–Trinajstić information content (AvgIpc) is 2.03. The Morgan fingerprint density at radius 1 is 1.00 bits per heavy atom. The standard InChI is InChI=1S/C5H5N2O.BF4/c8-6-7-4-2-1-3-5-7;2-1(3,4)5/h1-5H;/q+1;-1. The fourth-order valence-electron chi connectivity index (χ4n) is 0.444. The smallest absolute Gasteiger partial charge is 0.418 e. The molecule has 0 bridgehead atoms. The molecule has 1 rings (SSSR count). The van der Waals surface area contributed by atoms with Gasteiger partial charge in [-0.15, -0.1) is 0 Å². The first-order valence-corrected chi connectivity index (χ1v) is 3.11. The first-order valence-electron chi connectivity index (χ1n) is 3.11. The van der Waals surface area contributed by atoms with Crippen LogP contribution in [-0.2, 0) is 0 Å². The first kappa shape index (κ1) is 11.5. The molecular formula is C5H5BF4N2O. The zero-order chi connectivity index (χ0) is 10.3. The fourth-order valence-corrected chi connectivity index (χ4v) is 0.444. The Hall–Kier alpha value is -1.47. The van der Waals surface area contributed by atoms with Gasteiger partial charge >= 0.3 is 7.25 Å². The predicted molar refractivity (Wildman–Crippen MR) is 38.0 cm³/mol. The summed E-state index contributed by atoms with van der Waals surface area (Å²) in [5.41, 5.74) is 0. The van der Waals surface area contributed by atoms with E-state index in [0.29, 0.717) is 0 Å². The maximum absolute atomic E-state index is 9.75. The summed E-state index contributed by atoms with van der Waals surface area (Å²) in [6.45, 7) is 0. The average molecular weight is 196 g/mol. The number of nitrogens with zero attached hydrogens (tertiary/aromatic N) is 2. The van der Waals surface area contributed by atoms with Gasteiger partial charge in [0.15, 0.2) is 0 Å². The van der Waals surface area contributed by atoms with Crippen molar-refractivity contribution >= 4 is 7.25 Å². The normalized spacial score (nSPS) is 9.85. The van der Waals surface area contributed by atoms with Crippen molar-refractivity contribution in [3.63, 3.8) is 0 Å². The van der Waals surface area contributed by atoms with Crippen LogP contribution in [0.2, 0.25) is 0 Å². The lowest BCUT2D eigenvalue weighted by molar-refractivity contribution is -0.681. The minimum absolute atomic E-state index is 1.19. The third kappa shape index (κ3) is 10.5. The number of rotatable bonds is 1. The molecule has 0 aliphatic heterocycles. The van der Waals surface area contributed by atoms with E-state index >= 15 is 0 Å². The molecule has 3 nitrogen and oxygen atoms in total. The Morgan fingerprint density at radius 3 is 1.62 bits per heavy atom. The van der Waals surface area contributed by atoms with Crippen LogP contribution in [-0.4, -0.2) is 7.25 Å². The number of hydrogen-bond acceptors (Lipinski definition) is 2. The monoisotopic (exact) mass is 196 g/mol. The molecule has 13 heavy (non-hydrogen) atoms. The van der Waals surface area contributed by atoms with Crippen LogP contribution in [0, 0.1) is 4.91 Å². The van der Waals surface area contributed by atoms with Crippen LogP contribution < -0.4 is 4.68 Å². The van der Waals surface area contributed by atoms with Crippen molar-refractivity contribution in [2.24, 2.45) is 5.29 Å². The Labute approximate surface area is 71.0 Å². The Balaban J connectivity index is 0.000000252. The van der Waals surface area contributed by atoms with Crippen molar-refractivity contribution in [3.8, 4) is 0 Å². The van der Waals surface area contributed by atoms with Gasteiger partial charge in [-0.25, -0.2) is 0 Å². The van der Waals surface area contributed by atoms with E-state index in [1.165, 1.54) is 4.68 Å². The van der Waals surface area contributed by atoms with Crippen LogP contribution in [0.15, 0.2) is 35.9 Å². The van der Waals surface area contributed by atoms with Crippen molar-refractivity contribution in [1.29, 1.82) is 0 Å². The summed E-state index contributed by atoms with van der Waals surface area (Å²) >= 11 is 0. The molecule has 1 aromatic rings. The van der Waals surface area contributed by atoms with Gasteiger partial charge in [-0.1, -0.05) is 11.0 Å². The van der Waals surface area contributed by atoms with E-state index in [2.05, 4.69) is 5.29 Å². The summed E-state index contributed by atoms with van der Waals surface area (Å²) in [4.78, 5) is 9.72. The third-order valence-corrected chi connectivity index (χ3v) is 0.794. The molecule has 0 aliphatic rings. The van der Waals surface area contributed by atoms with E-state index < -0.39 is 7.25 Å². The van der Waals surface area contributed by atoms with E-state index in [1.807, 2.05) is 6.07 Å². The van der Waals surface area contributed by atoms with Gasteiger partial charge in [-0.05, 0) is 4.68 Å². The Bertz CT molecular complexity index is 246. The molecule has 0 spiro atoms. The van der Waals surface area contributed by atoms with Gasteiger partial charge in [0.2, 0.25) is 17.7 Å². The summed E-state index contributed by atoms with van der Waals surface area (Å²) in [5, 5.41) is 2.64. The summed E-state index contributed by atoms with van der Waals surface area (Å²) in [7, 11) is -6.00. The van der Waals surface area contributed by atoms with Crippen LogP contribution in [0.25, 0.3) is 0 Å². The quantitative estimate of drug-likeness (QED) is 0.291. The minimum atomic E-state index is -6.00. The number of hydrogen-bond donors (Lipinski definition) is 0. The van der Waals surface area contributed by atoms with Crippen LogP contribution in [0.1, 0.15) is 0 Å². The molecule has 1 heterocycles. The highest BCUT2D eigenvalue weighted by Gasteiger charge is 2.20. The van der Waals surface area contributed by atoms with Crippen molar-refractivity contribution in [3.05, 3.63) is 35.5 Å². The van der Waals surface area contributed by atoms with E-state index in [9.17, 15) is 22.2 Å². The topological polar surface area (TPSA) is 33.3 Å².